The Kier molecular flexibility index (Phi) is 3.32. The number of primary amides is 1. The second-order valence-electron chi connectivity index (χ2n) is 5.75. The quantitative estimate of drug-likeness (QED) is 0.675. The van der Waals surface area contributed by atoms with Crippen molar-refractivity contribution in [2.24, 2.45) is 5.73 Å². The van der Waals surface area contributed by atoms with Gasteiger partial charge in [-0.15, -0.1) is 0 Å². The van der Waals surface area contributed by atoms with Crippen LogP contribution < -0.4 is 21.9 Å². The monoisotopic (exact) mass is 320 g/mol. The van der Waals surface area contributed by atoms with Gasteiger partial charge < -0.3 is 16.4 Å². The number of nitrogens with two attached hydrogens (primary N) is 1. The lowest BCUT2D eigenvalue weighted by atomic mass is 10.0. The van der Waals surface area contributed by atoms with E-state index in [-0.39, 0.29) is 5.56 Å². The van der Waals surface area contributed by atoms with Gasteiger partial charge in [0.15, 0.2) is 0 Å². The van der Waals surface area contributed by atoms with Crippen molar-refractivity contribution in [3.63, 3.8) is 0 Å². The molecule has 1 aliphatic heterocycles. The Morgan fingerprint density at radius 3 is 2.46 bits per heavy atom. The maximum atomic E-state index is 13.0. The van der Waals surface area contributed by atoms with E-state index in [1.165, 1.54) is 0 Å². The zero-order valence-corrected chi connectivity index (χ0v) is 12.9. The molecule has 4 rings (SSSR count). The van der Waals surface area contributed by atoms with Gasteiger partial charge in [-0.2, -0.15) is 0 Å². The molecule has 0 radical (unpaired) electrons. The van der Waals surface area contributed by atoms with E-state index < -0.39 is 6.03 Å². The van der Waals surface area contributed by atoms with Gasteiger partial charge in [0, 0.05) is 35.5 Å². The summed E-state index contributed by atoms with van der Waals surface area (Å²) in [5.41, 5.74) is 8.58. The molecule has 2 amide bonds. The first-order valence-corrected chi connectivity index (χ1v) is 7.68. The Bertz CT molecular complexity index is 1010. The maximum Gasteiger partial charge on any atom is 0.316 e. The lowest BCUT2D eigenvalue weighted by molar-refractivity contribution is 0.259. The average Bonchev–Trinajstić information content (AvgIpc) is 3.05. The van der Waals surface area contributed by atoms with Crippen LogP contribution in [-0.2, 0) is 13.1 Å². The lowest BCUT2D eigenvalue weighted by Gasteiger charge is -2.15. The third kappa shape index (κ3) is 2.24. The van der Waals surface area contributed by atoms with E-state index in [0.717, 1.165) is 28.9 Å². The van der Waals surface area contributed by atoms with E-state index >= 15 is 0 Å². The summed E-state index contributed by atoms with van der Waals surface area (Å²) in [7, 11) is 0. The molecule has 0 unspecified atom stereocenters. The fraction of sp³-hybridized carbons (Fsp3) is 0.111. The average molecular weight is 320 g/mol. The summed E-state index contributed by atoms with van der Waals surface area (Å²) < 4.78 is 1.74. The molecule has 0 atom stereocenters. The second-order valence-corrected chi connectivity index (χ2v) is 5.75. The molecule has 0 aliphatic carbocycles. The lowest BCUT2D eigenvalue weighted by Crippen LogP contribution is -2.23. The van der Waals surface area contributed by atoms with Crippen LogP contribution in [-0.4, -0.2) is 10.6 Å². The van der Waals surface area contributed by atoms with Crippen molar-refractivity contribution in [3.8, 4) is 5.69 Å². The van der Waals surface area contributed by atoms with Crippen LogP contribution in [0.3, 0.4) is 0 Å². The zero-order valence-electron chi connectivity index (χ0n) is 12.9. The SMILES string of the molecule is NC(=O)Nc1ccc(-n2c3c(c4ccccc4c2=O)CNC3)cc1. The topological polar surface area (TPSA) is 89.2 Å². The van der Waals surface area contributed by atoms with E-state index in [9.17, 15) is 9.59 Å². The number of pyridine rings is 1. The number of amides is 2. The van der Waals surface area contributed by atoms with Crippen LogP contribution >= 0.6 is 0 Å². The summed E-state index contributed by atoms with van der Waals surface area (Å²) in [4.78, 5) is 23.9. The minimum absolute atomic E-state index is 0.0383. The Morgan fingerprint density at radius 2 is 1.75 bits per heavy atom. The molecule has 24 heavy (non-hydrogen) atoms. The van der Waals surface area contributed by atoms with E-state index in [1.54, 1.807) is 28.8 Å². The van der Waals surface area contributed by atoms with E-state index in [2.05, 4.69) is 10.6 Å². The molecule has 0 spiro atoms. The van der Waals surface area contributed by atoms with Gasteiger partial charge in [0.2, 0.25) is 0 Å². The normalized spacial score (nSPS) is 13.0. The van der Waals surface area contributed by atoms with Crippen LogP contribution in [0.4, 0.5) is 10.5 Å². The van der Waals surface area contributed by atoms with Gasteiger partial charge in [-0.3, -0.25) is 9.36 Å². The number of nitrogens with one attached hydrogen (secondary N) is 2. The molecule has 1 aromatic heterocycles. The minimum atomic E-state index is -0.615. The molecule has 1 aliphatic rings. The highest BCUT2D eigenvalue weighted by Crippen LogP contribution is 2.26. The van der Waals surface area contributed by atoms with Crippen LogP contribution in [0.25, 0.3) is 16.5 Å². The zero-order chi connectivity index (χ0) is 16.7. The molecule has 6 heteroatoms. The van der Waals surface area contributed by atoms with Crippen LogP contribution in [0, 0.1) is 0 Å². The van der Waals surface area contributed by atoms with Gasteiger partial charge in [-0.1, -0.05) is 18.2 Å². The first kappa shape index (κ1) is 14.5. The van der Waals surface area contributed by atoms with Crippen molar-refractivity contribution in [3.05, 3.63) is 70.1 Å². The first-order valence-electron chi connectivity index (χ1n) is 7.68. The summed E-state index contributed by atoms with van der Waals surface area (Å²) >= 11 is 0. The number of carbonyl (C=O) groups is 1. The molecule has 4 N–H and O–H groups in total. The standard InChI is InChI=1S/C18H16N4O2/c19-18(24)21-11-5-7-12(8-6-11)22-16-10-20-9-15(16)13-3-1-2-4-14(13)17(22)23/h1-8,20H,9-10H2,(H3,19,21,24). The third-order valence-corrected chi connectivity index (χ3v) is 4.29. The highest BCUT2D eigenvalue weighted by atomic mass is 16.2. The van der Waals surface area contributed by atoms with Crippen molar-refractivity contribution in [1.82, 2.24) is 9.88 Å². The van der Waals surface area contributed by atoms with Gasteiger partial charge in [0.1, 0.15) is 0 Å². The highest BCUT2D eigenvalue weighted by molar-refractivity contribution is 5.88. The largest absolute Gasteiger partial charge is 0.351 e. The predicted octanol–water partition coefficient (Wildman–Crippen LogP) is 2.08. The number of anilines is 1. The second kappa shape index (κ2) is 5.50. The summed E-state index contributed by atoms with van der Waals surface area (Å²) in [5.74, 6) is 0. The molecule has 2 heterocycles. The highest BCUT2D eigenvalue weighted by Gasteiger charge is 2.21. The van der Waals surface area contributed by atoms with Crippen molar-refractivity contribution >= 4 is 22.5 Å². The minimum Gasteiger partial charge on any atom is -0.351 e. The van der Waals surface area contributed by atoms with E-state index in [1.807, 2.05) is 24.3 Å². The Labute approximate surface area is 137 Å². The Balaban J connectivity index is 1.93. The number of rotatable bonds is 2. The molecular formula is C18H16N4O2. The smallest absolute Gasteiger partial charge is 0.316 e. The molecule has 0 fully saturated rings. The van der Waals surface area contributed by atoms with Crippen LogP contribution in [0.5, 0.6) is 0 Å². The van der Waals surface area contributed by atoms with E-state index in [4.69, 9.17) is 5.73 Å². The van der Waals surface area contributed by atoms with Gasteiger partial charge in [0.25, 0.3) is 5.56 Å². The number of hydrogen-bond acceptors (Lipinski definition) is 3. The van der Waals surface area contributed by atoms with Gasteiger partial charge in [-0.05, 0) is 41.3 Å². The van der Waals surface area contributed by atoms with E-state index in [0.29, 0.717) is 17.6 Å². The fourth-order valence-corrected chi connectivity index (χ4v) is 3.26. The molecule has 0 saturated heterocycles. The third-order valence-electron chi connectivity index (χ3n) is 4.29. The van der Waals surface area contributed by atoms with Gasteiger partial charge in [0.05, 0.1) is 0 Å². The number of carbonyl (C=O) groups excluding carboxylic acids is 1. The number of nitrogens with zero attached hydrogens (tertiary/aromatic N) is 1. The van der Waals surface area contributed by atoms with Crippen LogP contribution in [0.2, 0.25) is 0 Å². The predicted molar refractivity (Wildman–Crippen MR) is 93.3 cm³/mol. The van der Waals surface area contributed by atoms with Crippen LogP contribution in [0.1, 0.15) is 11.3 Å². The molecule has 0 saturated carbocycles. The summed E-state index contributed by atoms with van der Waals surface area (Å²) in [6.45, 7) is 1.40. The molecule has 0 bridgehead atoms. The molecule has 120 valence electrons. The molecular weight excluding hydrogens is 304 g/mol. The maximum absolute atomic E-state index is 13.0. The first-order chi connectivity index (χ1) is 11.6. The molecule has 2 aromatic carbocycles. The van der Waals surface area contributed by atoms with Crippen molar-refractivity contribution in [2.45, 2.75) is 13.1 Å². The Morgan fingerprint density at radius 1 is 1.04 bits per heavy atom. The number of benzene rings is 2. The van der Waals surface area contributed by atoms with Gasteiger partial charge in [-0.25, -0.2) is 4.79 Å². The summed E-state index contributed by atoms with van der Waals surface area (Å²) in [6, 6.07) is 14.1. The number of fused-ring (bicyclic) bond motifs is 3. The molecule has 3 aromatic rings. The molecule has 6 nitrogen and oxygen atoms in total. The van der Waals surface area contributed by atoms with Crippen molar-refractivity contribution in [1.29, 1.82) is 0 Å². The van der Waals surface area contributed by atoms with Gasteiger partial charge >= 0.3 is 6.03 Å². The summed E-state index contributed by atoms with van der Waals surface area (Å²) in [5, 5.41) is 7.55. The number of urea groups is 1. The number of aromatic nitrogens is 1. The van der Waals surface area contributed by atoms with Crippen LogP contribution in [0.15, 0.2) is 53.3 Å². The summed E-state index contributed by atoms with van der Waals surface area (Å²) in [6.07, 6.45) is 0. The van der Waals surface area contributed by atoms with Crippen molar-refractivity contribution < 1.29 is 4.79 Å². The Hall–Kier alpha value is -3.12. The van der Waals surface area contributed by atoms with Crippen molar-refractivity contribution in [2.75, 3.05) is 5.32 Å². The number of hydrogen-bond donors (Lipinski definition) is 3. The fourth-order valence-electron chi connectivity index (χ4n) is 3.26.